The fourth-order valence-electron chi connectivity index (χ4n) is 9.26. The van der Waals surface area contributed by atoms with E-state index in [2.05, 4.69) is 9.71 Å². The SMILES string of the molecule is COc1ccc2c(O[C@@H]3C[C@H]4C(=O)C[C@]5(C(=O)NS(=O)(=O)C6(C)CC6)C[C@H]5/C=C\CC[C@@H](C)C[C@@H](C)[C@H](CC(=O)OC(C)(C)C(C)(F)F)C(=O)N4C3)nc(-c3ccc(OC(C)C)cn3)cc2c1. The van der Waals surface area contributed by atoms with Crippen LogP contribution < -0.4 is 18.9 Å². The van der Waals surface area contributed by atoms with Gasteiger partial charge in [-0.1, -0.05) is 26.0 Å². The van der Waals surface area contributed by atoms with E-state index in [1.807, 2.05) is 52.0 Å². The number of pyridine rings is 2. The van der Waals surface area contributed by atoms with E-state index < -0.39 is 91.6 Å². The number of rotatable bonds is 13. The number of nitrogens with zero attached hydrogens (tertiary/aromatic N) is 3. The molecular weight excluding hydrogens is 887 g/mol. The maximum atomic E-state index is 15.2. The van der Waals surface area contributed by atoms with Crippen LogP contribution in [0.1, 0.15) is 113 Å². The van der Waals surface area contributed by atoms with Gasteiger partial charge in [-0.15, -0.1) is 0 Å². The Morgan fingerprint density at radius 2 is 1.73 bits per heavy atom. The third-order valence-corrected chi connectivity index (χ3v) is 16.4. The molecular formula is C50H64F2N4O10S. The van der Waals surface area contributed by atoms with Crippen LogP contribution in [0.25, 0.3) is 22.2 Å². The van der Waals surface area contributed by atoms with Crippen LogP contribution in [-0.4, -0.2) is 95.0 Å². The average molecular weight is 951 g/mol. The van der Waals surface area contributed by atoms with Gasteiger partial charge in [0.1, 0.15) is 17.6 Å². The minimum Gasteiger partial charge on any atom is -0.497 e. The predicted octanol–water partition coefficient (Wildman–Crippen LogP) is 8.40. The number of hydrogen-bond acceptors (Lipinski definition) is 12. The van der Waals surface area contributed by atoms with Gasteiger partial charge in [0.2, 0.25) is 27.7 Å². The number of sulfonamides is 1. The summed E-state index contributed by atoms with van der Waals surface area (Å²) in [7, 11) is -2.49. The highest BCUT2D eigenvalue weighted by molar-refractivity contribution is 7.91. The molecule has 0 radical (unpaired) electrons. The third kappa shape index (κ3) is 10.8. The number of carbonyl (C=O) groups excluding carboxylic acids is 4. The summed E-state index contributed by atoms with van der Waals surface area (Å²) in [5.74, 6) is -6.72. The molecule has 2 saturated carbocycles. The van der Waals surface area contributed by atoms with Gasteiger partial charge in [-0.25, -0.2) is 22.2 Å². The summed E-state index contributed by atoms with van der Waals surface area (Å²) in [5, 5.41) is 1.32. The van der Waals surface area contributed by atoms with Crippen LogP contribution in [0.3, 0.4) is 0 Å². The summed E-state index contributed by atoms with van der Waals surface area (Å²) in [4.78, 5) is 68.8. The second-order valence-corrected chi connectivity index (χ2v) is 22.6. The molecule has 3 aromatic rings. The number of carbonyl (C=O) groups is 4. The Kier molecular flexibility index (Phi) is 13.9. The van der Waals surface area contributed by atoms with Crippen molar-refractivity contribution in [2.75, 3.05) is 13.7 Å². The van der Waals surface area contributed by atoms with Crippen LogP contribution in [0.15, 0.2) is 54.7 Å². The van der Waals surface area contributed by atoms with E-state index >= 15 is 4.79 Å². The Morgan fingerprint density at radius 3 is 2.37 bits per heavy atom. The molecule has 17 heteroatoms. The molecule has 4 aliphatic rings. The quantitative estimate of drug-likeness (QED) is 0.128. The van der Waals surface area contributed by atoms with E-state index in [-0.39, 0.29) is 43.7 Å². The van der Waals surface area contributed by atoms with E-state index in [9.17, 15) is 31.6 Å². The lowest BCUT2D eigenvalue weighted by Gasteiger charge is -2.34. The number of alkyl halides is 2. The van der Waals surface area contributed by atoms with Gasteiger partial charge in [0.05, 0.1) is 65.9 Å². The largest absolute Gasteiger partial charge is 0.497 e. The van der Waals surface area contributed by atoms with E-state index in [0.29, 0.717) is 72.7 Å². The smallest absolute Gasteiger partial charge is 0.307 e. The molecule has 2 aromatic heterocycles. The Hall–Kier alpha value is -5.19. The van der Waals surface area contributed by atoms with Gasteiger partial charge in [-0.2, -0.15) is 0 Å². The van der Waals surface area contributed by atoms with Gasteiger partial charge < -0.3 is 23.8 Å². The molecule has 7 rings (SSSR count). The summed E-state index contributed by atoms with van der Waals surface area (Å²) in [6.07, 6.45) is 6.48. The lowest BCUT2D eigenvalue weighted by atomic mass is 9.82. The Balaban J connectivity index is 1.26. The predicted molar refractivity (Wildman–Crippen MR) is 247 cm³/mol. The number of aromatic nitrogens is 2. The number of ketones is 1. The molecule has 1 saturated heterocycles. The highest BCUT2D eigenvalue weighted by atomic mass is 32.2. The molecule has 2 amide bonds. The number of Topliss-reactive ketones (excluding diaryl/α,β-unsaturated/α-hetero) is 1. The van der Waals surface area contributed by atoms with Crippen LogP contribution in [-0.2, 0) is 33.9 Å². The van der Waals surface area contributed by atoms with E-state index in [4.69, 9.17) is 23.9 Å². The summed E-state index contributed by atoms with van der Waals surface area (Å²) in [6, 6.07) is 9.62. The highest BCUT2D eigenvalue weighted by Crippen LogP contribution is 2.58. The lowest BCUT2D eigenvalue weighted by molar-refractivity contribution is -0.197. The van der Waals surface area contributed by atoms with Crippen LogP contribution in [0, 0.1) is 29.1 Å². The molecule has 2 aliphatic carbocycles. The second kappa shape index (κ2) is 18.7. The third-order valence-electron chi connectivity index (χ3n) is 14.3. The number of nitrogens with one attached hydrogen (secondary N) is 1. The van der Waals surface area contributed by atoms with Crippen molar-refractivity contribution in [1.29, 1.82) is 0 Å². The first-order chi connectivity index (χ1) is 31.3. The number of allylic oxidation sites excluding steroid dienone is 2. The van der Waals surface area contributed by atoms with Crippen LogP contribution >= 0.6 is 0 Å². The molecule has 0 bridgehead atoms. The van der Waals surface area contributed by atoms with Crippen molar-refractivity contribution in [3.63, 3.8) is 0 Å². The number of hydrogen-bond donors (Lipinski definition) is 1. The minimum atomic E-state index is -4.04. The topological polar surface area (TPSA) is 180 Å². The van der Waals surface area contributed by atoms with Gasteiger partial charge in [-0.05, 0) is 133 Å². The fourth-order valence-corrected chi connectivity index (χ4v) is 10.6. The first-order valence-electron chi connectivity index (χ1n) is 23.3. The van der Waals surface area contributed by atoms with Crippen molar-refractivity contribution in [2.45, 2.75) is 148 Å². The van der Waals surface area contributed by atoms with Gasteiger partial charge in [-0.3, -0.25) is 28.9 Å². The molecule has 0 spiro atoms. The summed E-state index contributed by atoms with van der Waals surface area (Å²) in [6.45, 7) is 12.0. The number of amides is 2. The van der Waals surface area contributed by atoms with Gasteiger partial charge in [0.25, 0.3) is 5.92 Å². The van der Waals surface area contributed by atoms with Crippen molar-refractivity contribution < 1.29 is 55.3 Å². The zero-order valence-electron chi connectivity index (χ0n) is 39.9. The molecule has 67 heavy (non-hydrogen) atoms. The number of halogens is 2. The second-order valence-electron chi connectivity index (χ2n) is 20.4. The summed E-state index contributed by atoms with van der Waals surface area (Å²) >= 11 is 0. The van der Waals surface area contributed by atoms with Crippen molar-refractivity contribution >= 4 is 44.4 Å². The zero-order valence-corrected chi connectivity index (χ0v) is 40.7. The van der Waals surface area contributed by atoms with Crippen LogP contribution in [0.4, 0.5) is 8.78 Å². The summed E-state index contributed by atoms with van der Waals surface area (Å²) < 4.78 is 80.6. The Labute approximate surface area is 392 Å². The molecule has 4 heterocycles. The van der Waals surface area contributed by atoms with E-state index in [1.165, 1.54) is 4.90 Å². The highest BCUT2D eigenvalue weighted by Gasteiger charge is 2.63. The molecule has 0 unspecified atom stereocenters. The standard InChI is InChI=1S/C50H64F2N4O10S/c1-29(2)64-35-15-17-39(53-27-35)40-22-32-21-34(63-9)14-16-37(32)44(54-40)65-36-23-41-42(57)26-50(46(60)55-67(61,62)48(7)18-19-48)25-33(50)13-11-10-12-30(3)20-31(4)38(45(59)56(41)28-36)24-43(58)66-47(5,6)49(8,51)52/h11,13-17,21-22,27,29-31,33,36,38,41H,10,12,18-20,23-26,28H2,1-9H3,(H,55,60)/b13-11-/t30-,31-,33-,36-,38+,41+,50-/m1/s1. The van der Waals surface area contributed by atoms with Crippen LogP contribution in [0.5, 0.6) is 17.4 Å². The van der Waals surface area contributed by atoms with E-state index in [1.54, 1.807) is 44.5 Å². The molecule has 2 aliphatic heterocycles. The first kappa shape index (κ1) is 49.7. The number of fused-ring (bicyclic) bond motifs is 3. The maximum absolute atomic E-state index is 15.2. The molecule has 14 nitrogen and oxygen atoms in total. The Bertz CT molecular complexity index is 2520. The van der Waals surface area contributed by atoms with Crippen LogP contribution in [0.2, 0.25) is 0 Å². The number of methoxy groups -OCH3 is 1. The Morgan fingerprint density at radius 1 is 1.01 bits per heavy atom. The monoisotopic (exact) mass is 950 g/mol. The number of esters is 1. The maximum Gasteiger partial charge on any atom is 0.307 e. The average Bonchev–Trinajstić information content (AvgIpc) is 4.13. The first-order valence-corrected chi connectivity index (χ1v) is 24.8. The molecule has 1 N–H and O–H groups in total. The minimum absolute atomic E-state index is 0.0285. The molecule has 3 fully saturated rings. The zero-order chi connectivity index (χ0) is 48.9. The summed E-state index contributed by atoms with van der Waals surface area (Å²) in [5.41, 5.74) is -2.57. The van der Waals surface area contributed by atoms with Gasteiger partial charge >= 0.3 is 5.97 Å². The number of benzene rings is 1. The van der Waals surface area contributed by atoms with Crippen molar-refractivity contribution in [3.8, 4) is 28.8 Å². The fraction of sp³-hybridized carbons (Fsp3) is 0.600. The molecule has 7 atom stereocenters. The normalized spacial score (nSPS) is 27.3. The van der Waals surface area contributed by atoms with Crippen molar-refractivity contribution in [2.24, 2.45) is 29.1 Å². The lowest BCUT2D eigenvalue weighted by Crippen LogP contribution is -2.49. The number of ether oxygens (including phenoxy) is 4. The van der Waals surface area contributed by atoms with Gasteiger partial charge in [0, 0.05) is 25.2 Å². The van der Waals surface area contributed by atoms with Crippen molar-refractivity contribution in [3.05, 3.63) is 54.7 Å². The van der Waals surface area contributed by atoms with Gasteiger partial charge in [0.15, 0.2) is 11.4 Å². The molecule has 364 valence electrons. The van der Waals surface area contributed by atoms with E-state index in [0.717, 1.165) is 13.8 Å². The van der Waals surface area contributed by atoms with Crippen molar-refractivity contribution in [1.82, 2.24) is 19.6 Å². The molecule has 1 aromatic carbocycles.